The summed E-state index contributed by atoms with van der Waals surface area (Å²) in [6, 6.07) is 2.64. The van der Waals surface area contributed by atoms with Crippen molar-refractivity contribution >= 4 is 12.0 Å². The van der Waals surface area contributed by atoms with Gasteiger partial charge in [0.2, 0.25) is 5.91 Å². The summed E-state index contributed by atoms with van der Waals surface area (Å²) >= 11 is 0. The molecular weight excluding hydrogens is 460 g/mol. The molecule has 12 heteroatoms. The highest BCUT2D eigenvalue weighted by molar-refractivity contribution is 5.77. The lowest BCUT2D eigenvalue weighted by molar-refractivity contribution is -0.274. The number of rotatable bonds is 6. The Morgan fingerprint density at radius 3 is 2.47 bits per heavy atom. The van der Waals surface area contributed by atoms with Crippen LogP contribution >= 0.6 is 0 Å². The Bertz CT molecular complexity index is 995. The molecule has 0 unspecified atom stereocenters. The van der Waals surface area contributed by atoms with Gasteiger partial charge in [0.15, 0.2) is 0 Å². The third-order valence-electron chi connectivity index (χ3n) is 6.30. The van der Waals surface area contributed by atoms with Crippen LogP contribution in [0.2, 0.25) is 0 Å². The van der Waals surface area contributed by atoms with Gasteiger partial charge in [-0.25, -0.2) is 9.18 Å². The van der Waals surface area contributed by atoms with Crippen LogP contribution in [0.25, 0.3) is 0 Å². The molecule has 0 N–H and O–H groups in total. The number of ether oxygens (including phenoxy) is 2. The summed E-state index contributed by atoms with van der Waals surface area (Å²) in [6.45, 7) is 2.40. The van der Waals surface area contributed by atoms with Crippen molar-refractivity contribution in [3.05, 3.63) is 41.4 Å². The molecule has 0 atom stereocenters. The molecule has 1 aromatic rings. The maximum atomic E-state index is 14.0. The zero-order valence-electron chi connectivity index (χ0n) is 18.3. The monoisotopic (exact) mass is 484 g/mol. The second-order valence-electron chi connectivity index (χ2n) is 8.71. The minimum absolute atomic E-state index is 0.000797. The normalized spacial score (nSPS) is 19.1. The predicted octanol–water partition coefficient (Wildman–Crippen LogP) is 4.42. The van der Waals surface area contributed by atoms with E-state index in [1.54, 1.807) is 0 Å². The Morgan fingerprint density at radius 2 is 1.85 bits per heavy atom. The molecular formula is C22H24F4N4O4. The van der Waals surface area contributed by atoms with Crippen LogP contribution in [0.4, 0.5) is 22.4 Å². The quantitative estimate of drug-likeness (QED) is 0.560. The lowest BCUT2D eigenvalue weighted by Crippen LogP contribution is -2.62. The van der Waals surface area contributed by atoms with Crippen LogP contribution in [0.5, 0.6) is 5.75 Å². The Hall–Kier alpha value is -3.18. The molecule has 0 radical (unpaired) electrons. The third-order valence-corrected chi connectivity index (χ3v) is 6.30. The number of halogens is 4. The Kier molecular flexibility index (Phi) is 6.76. The van der Waals surface area contributed by atoms with E-state index in [-0.39, 0.29) is 16.9 Å². The molecule has 34 heavy (non-hydrogen) atoms. The average molecular weight is 484 g/mol. The average Bonchev–Trinajstić information content (AvgIpc) is 3.28. The molecule has 3 aliphatic rings. The number of carbonyl (C=O) groups is 2. The second kappa shape index (κ2) is 9.59. The first-order valence-corrected chi connectivity index (χ1v) is 10.9. The van der Waals surface area contributed by atoms with Crippen molar-refractivity contribution in [3.63, 3.8) is 0 Å². The number of piperidine rings is 1. The van der Waals surface area contributed by atoms with Crippen molar-refractivity contribution in [1.82, 2.24) is 9.80 Å². The topological polar surface area (TPSA) is 83.8 Å². The van der Waals surface area contributed by atoms with Gasteiger partial charge in [0.25, 0.3) is 0 Å². The first-order valence-electron chi connectivity index (χ1n) is 10.9. The van der Waals surface area contributed by atoms with Gasteiger partial charge in [-0.2, -0.15) is 10.2 Å². The molecule has 1 aromatic carbocycles. The summed E-state index contributed by atoms with van der Waals surface area (Å²) in [5.41, 5.74) is 0.791. The third kappa shape index (κ3) is 5.84. The SMILES string of the molecule is O=C(CCC1=CCN=N1)N1CC2(CCN(C(=O)OCc3ccc(OC(F)(F)F)cc3F)CC2)C1. The van der Waals surface area contributed by atoms with Crippen molar-refractivity contribution in [2.24, 2.45) is 15.6 Å². The number of alkyl halides is 3. The molecule has 2 fully saturated rings. The highest BCUT2D eigenvalue weighted by atomic mass is 19.4. The number of nitrogens with zero attached hydrogens (tertiary/aromatic N) is 4. The van der Waals surface area contributed by atoms with Gasteiger partial charge in [-0.05, 0) is 37.5 Å². The number of amides is 2. The van der Waals surface area contributed by atoms with E-state index in [2.05, 4.69) is 15.0 Å². The lowest BCUT2D eigenvalue weighted by Gasteiger charge is -2.53. The van der Waals surface area contributed by atoms with Crippen LogP contribution in [0.1, 0.15) is 31.2 Å². The number of azo groups is 1. The van der Waals surface area contributed by atoms with Crippen LogP contribution in [0.15, 0.2) is 40.2 Å². The minimum atomic E-state index is -4.92. The molecule has 2 amide bonds. The maximum absolute atomic E-state index is 14.0. The van der Waals surface area contributed by atoms with Crippen molar-refractivity contribution in [1.29, 1.82) is 0 Å². The fourth-order valence-corrected chi connectivity index (χ4v) is 4.36. The Balaban J connectivity index is 1.18. The summed E-state index contributed by atoms with van der Waals surface area (Å²) in [6.07, 6.45) is -1.19. The van der Waals surface area contributed by atoms with Crippen molar-refractivity contribution in [3.8, 4) is 5.75 Å². The van der Waals surface area contributed by atoms with Crippen molar-refractivity contribution < 1.29 is 36.6 Å². The number of hydrogen-bond acceptors (Lipinski definition) is 6. The standard InChI is InChI=1S/C22H24F4N4O4/c23-18-11-17(34-22(24,25)26)3-1-15(18)12-33-20(32)29-9-6-21(7-10-29)13-30(14-21)19(31)4-2-16-5-8-27-28-16/h1,3,5,11H,2,4,6-10,12-14H2. The first kappa shape index (κ1) is 24.0. The minimum Gasteiger partial charge on any atom is -0.444 e. The number of hydrogen-bond donors (Lipinski definition) is 0. The molecule has 4 rings (SSSR count). The zero-order valence-corrected chi connectivity index (χ0v) is 18.3. The highest BCUT2D eigenvalue weighted by Crippen LogP contribution is 2.41. The number of benzene rings is 1. The molecule has 1 spiro atoms. The maximum Gasteiger partial charge on any atom is 0.573 e. The van der Waals surface area contributed by atoms with Gasteiger partial charge in [-0.15, -0.1) is 13.2 Å². The summed E-state index contributed by atoms with van der Waals surface area (Å²) in [5, 5.41) is 7.84. The number of likely N-dealkylation sites (tertiary alicyclic amines) is 2. The summed E-state index contributed by atoms with van der Waals surface area (Å²) in [5.74, 6) is -1.56. The largest absolute Gasteiger partial charge is 0.573 e. The lowest BCUT2D eigenvalue weighted by atomic mass is 9.72. The highest BCUT2D eigenvalue weighted by Gasteiger charge is 2.47. The van der Waals surface area contributed by atoms with E-state index in [1.807, 2.05) is 11.0 Å². The van der Waals surface area contributed by atoms with E-state index in [0.29, 0.717) is 51.6 Å². The van der Waals surface area contributed by atoms with Crippen molar-refractivity contribution in [2.75, 3.05) is 32.7 Å². The molecule has 8 nitrogen and oxygen atoms in total. The fraction of sp³-hybridized carbons (Fsp3) is 0.545. The van der Waals surface area contributed by atoms with E-state index < -0.39 is 30.6 Å². The van der Waals surface area contributed by atoms with E-state index >= 15 is 0 Å². The number of allylic oxidation sites excluding steroid dienone is 1. The zero-order chi connectivity index (χ0) is 24.3. The van der Waals surface area contributed by atoms with Gasteiger partial charge in [-0.3, -0.25) is 4.79 Å². The Morgan fingerprint density at radius 1 is 1.12 bits per heavy atom. The Labute approximate surface area is 193 Å². The molecule has 0 aliphatic carbocycles. The fourth-order valence-electron chi connectivity index (χ4n) is 4.36. The van der Waals surface area contributed by atoms with Crippen LogP contribution in [0, 0.1) is 11.2 Å². The summed E-state index contributed by atoms with van der Waals surface area (Å²) in [7, 11) is 0. The predicted molar refractivity (Wildman–Crippen MR) is 110 cm³/mol. The smallest absolute Gasteiger partial charge is 0.444 e. The molecule has 2 saturated heterocycles. The summed E-state index contributed by atoms with van der Waals surface area (Å²) < 4.78 is 59.5. The van der Waals surface area contributed by atoms with Crippen LogP contribution < -0.4 is 4.74 Å². The van der Waals surface area contributed by atoms with Gasteiger partial charge in [0.05, 0.1) is 12.2 Å². The van der Waals surface area contributed by atoms with E-state index in [0.717, 1.165) is 30.7 Å². The van der Waals surface area contributed by atoms with E-state index in [1.165, 1.54) is 4.90 Å². The molecule has 3 heterocycles. The first-order chi connectivity index (χ1) is 16.1. The van der Waals surface area contributed by atoms with E-state index in [4.69, 9.17) is 4.74 Å². The molecule has 3 aliphatic heterocycles. The second-order valence-corrected chi connectivity index (χ2v) is 8.71. The van der Waals surface area contributed by atoms with E-state index in [9.17, 15) is 27.2 Å². The van der Waals surface area contributed by atoms with Crippen LogP contribution in [-0.2, 0) is 16.1 Å². The van der Waals surface area contributed by atoms with Crippen LogP contribution in [0.3, 0.4) is 0 Å². The van der Waals surface area contributed by atoms with Crippen LogP contribution in [-0.4, -0.2) is 60.9 Å². The molecule has 0 saturated carbocycles. The number of carbonyl (C=O) groups excluding carboxylic acids is 2. The molecule has 184 valence electrons. The van der Waals surface area contributed by atoms with Gasteiger partial charge in [0, 0.05) is 49.6 Å². The van der Waals surface area contributed by atoms with Gasteiger partial charge in [0.1, 0.15) is 18.2 Å². The molecule has 0 aromatic heterocycles. The van der Waals surface area contributed by atoms with Gasteiger partial charge in [-0.1, -0.05) is 0 Å². The van der Waals surface area contributed by atoms with Gasteiger partial charge < -0.3 is 19.3 Å². The summed E-state index contributed by atoms with van der Waals surface area (Å²) in [4.78, 5) is 28.1. The molecule has 0 bridgehead atoms. The van der Waals surface area contributed by atoms with Gasteiger partial charge >= 0.3 is 12.5 Å². The van der Waals surface area contributed by atoms with Crippen molar-refractivity contribution in [2.45, 2.75) is 38.7 Å².